The average molecular weight is 345 g/mol. The maximum absolute atomic E-state index is 6.53. The Kier molecular flexibility index (Phi) is 4.37. The Hall–Kier alpha value is -3.18. The lowest BCUT2D eigenvalue weighted by molar-refractivity contribution is 0.396. The molecule has 1 atom stereocenters. The average Bonchev–Trinajstić information content (AvgIpc) is 3.12. The molecule has 2 heterocycles. The van der Waals surface area contributed by atoms with E-state index in [0.29, 0.717) is 12.3 Å². The molecule has 5 heteroatoms. The van der Waals surface area contributed by atoms with E-state index < -0.39 is 0 Å². The van der Waals surface area contributed by atoms with Crippen LogP contribution in [0.2, 0.25) is 0 Å². The summed E-state index contributed by atoms with van der Waals surface area (Å²) in [6, 6.07) is 21.3. The Morgan fingerprint density at radius 2 is 1.81 bits per heavy atom. The molecule has 0 bridgehead atoms. The first-order chi connectivity index (χ1) is 12.8. The molecule has 26 heavy (non-hydrogen) atoms. The molecule has 0 spiro atoms. The predicted molar refractivity (Wildman–Crippen MR) is 101 cm³/mol. The van der Waals surface area contributed by atoms with Gasteiger partial charge in [-0.2, -0.15) is 0 Å². The van der Waals surface area contributed by atoms with Gasteiger partial charge in [-0.3, -0.25) is 0 Å². The van der Waals surface area contributed by atoms with E-state index in [4.69, 9.17) is 15.0 Å². The first kappa shape index (κ1) is 16.3. The van der Waals surface area contributed by atoms with Gasteiger partial charge in [0.2, 0.25) is 5.88 Å². The summed E-state index contributed by atoms with van der Waals surface area (Å²) >= 11 is 0. The second kappa shape index (κ2) is 6.98. The van der Waals surface area contributed by atoms with Gasteiger partial charge in [0.15, 0.2) is 5.58 Å². The molecule has 4 rings (SSSR count). The topological polar surface area (TPSA) is 74.2 Å². The van der Waals surface area contributed by atoms with E-state index in [1.54, 1.807) is 7.11 Å². The molecule has 4 aromatic rings. The Morgan fingerprint density at radius 1 is 1.00 bits per heavy atom. The molecule has 0 aliphatic carbocycles. The van der Waals surface area contributed by atoms with Crippen molar-refractivity contribution in [2.45, 2.75) is 12.5 Å². The van der Waals surface area contributed by atoms with Gasteiger partial charge in [-0.25, -0.2) is 4.98 Å². The SMILES string of the molecule is COc1cccc(C[C@H](N)c2ccccc2-c2noc3ccccc23)n1. The lowest BCUT2D eigenvalue weighted by Gasteiger charge is -2.15. The molecule has 5 nitrogen and oxygen atoms in total. The van der Waals surface area contributed by atoms with Gasteiger partial charge in [-0.05, 0) is 23.8 Å². The first-order valence-electron chi connectivity index (χ1n) is 8.45. The minimum Gasteiger partial charge on any atom is -0.481 e. The molecular formula is C21H19N3O2. The normalized spacial score (nSPS) is 12.2. The second-order valence-electron chi connectivity index (χ2n) is 6.10. The number of pyridine rings is 1. The summed E-state index contributed by atoms with van der Waals surface area (Å²) in [5, 5.41) is 5.26. The third-order valence-electron chi connectivity index (χ3n) is 4.41. The van der Waals surface area contributed by atoms with E-state index in [2.05, 4.69) is 10.1 Å². The first-order valence-corrected chi connectivity index (χ1v) is 8.45. The van der Waals surface area contributed by atoms with Crippen LogP contribution in [-0.2, 0) is 6.42 Å². The Labute approximate surface area is 151 Å². The highest BCUT2D eigenvalue weighted by atomic mass is 16.5. The van der Waals surface area contributed by atoms with E-state index in [0.717, 1.165) is 33.5 Å². The molecule has 2 aromatic heterocycles. The van der Waals surface area contributed by atoms with Crippen LogP contribution in [0.4, 0.5) is 0 Å². The number of nitrogens with zero attached hydrogens (tertiary/aromatic N) is 2. The van der Waals surface area contributed by atoms with Crippen LogP contribution in [0.15, 0.2) is 71.3 Å². The smallest absolute Gasteiger partial charge is 0.213 e. The summed E-state index contributed by atoms with van der Waals surface area (Å²) in [7, 11) is 1.61. The molecule has 0 unspecified atom stereocenters. The number of ether oxygens (including phenoxy) is 1. The molecule has 0 saturated heterocycles. The molecule has 0 radical (unpaired) electrons. The van der Waals surface area contributed by atoms with Crippen molar-refractivity contribution < 1.29 is 9.26 Å². The van der Waals surface area contributed by atoms with E-state index in [1.165, 1.54) is 0 Å². The van der Waals surface area contributed by atoms with Crippen LogP contribution in [0.3, 0.4) is 0 Å². The van der Waals surface area contributed by atoms with Gasteiger partial charge in [0.05, 0.1) is 7.11 Å². The van der Waals surface area contributed by atoms with E-state index in [1.807, 2.05) is 66.7 Å². The van der Waals surface area contributed by atoms with E-state index in [9.17, 15) is 0 Å². The molecule has 0 fully saturated rings. The molecule has 0 amide bonds. The number of nitrogens with two attached hydrogens (primary N) is 1. The minimum atomic E-state index is -0.221. The molecule has 0 aliphatic rings. The van der Waals surface area contributed by atoms with Crippen LogP contribution in [0.1, 0.15) is 17.3 Å². The van der Waals surface area contributed by atoms with Gasteiger partial charge in [-0.1, -0.05) is 47.6 Å². The zero-order chi connectivity index (χ0) is 17.9. The van der Waals surface area contributed by atoms with Gasteiger partial charge in [-0.15, -0.1) is 0 Å². The fourth-order valence-corrected chi connectivity index (χ4v) is 3.14. The summed E-state index contributed by atoms with van der Waals surface area (Å²) in [5.41, 5.74) is 11.0. The van der Waals surface area contributed by atoms with Gasteiger partial charge in [0, 0.05) is 35.2 Å². The third-order valence-corrected chi connectivity index (χ3v) is 4.41. The minimum absolute atomic E-state index is 0.221. The van der Waals surface area contributed by atoms with Crippen molar-refractivity contribution in [2.24, 2.45) is 5.73 Å². The van der Waals surface area contributed by atoms with Crippen molar-refractivity contribution in [3.63, 3.8) is 0 Å². The molecule has 0 aliphatic heterocycles. The number of para-hydroxylation sites is 1. The zero-order valence-electron chi connectivity index (χ0n) is 14.4. The zero-order valence-corrected chi connectivity index (χ0v) is 14.4. The number of benzene rings is 2. The standard InChI is InChI=1S/C21H19N3O2/c1-25-20-12-6-7-14(23-20)13-18(22)15-8-2-3-9-16(15)21-17-10-4-5-11-19(17)26-24-21/h2-12,18H,13,22H2,1H3/t18-/m0/s1. The molecular weight excluding hydrogens is 326 g/mol. The molecule has 0 saturated carbocycles. The van der Waals surface area contributed by atoms with Crippen LogP contribution in [-0.4, -0.2) is 17.3 Å². The molecule has 130 valence electrons. The maximum atomic E-state index is 6.53. The van der Waals surface area contributed by atoms with Crippen LogP contribution in [0, 0.1) is 0 Å². The summed E-state index contributed by atoms with van der Waals surface area (Å²) in [4.78, 5) is 4.46. The summed E-state index contributed by atoms with van der Waals surface area (Å²) < 4.78 is 10.7. The highest BCUT2D eigenvalue weighted by Crippen LogP contribution is 2.33. The summed E-state index contributed by atoms with van der Waals surface area (Å²) in [5.74, 6) is 0.588. The van der Waals surface area contributed by atoms with Crippen molar-refractivity contribution in [1.82, 2.24) is 10.1 Å². The fourth-order valence-electron chi connectivity index (χ4n) is 3.14. The van der Waals surface area contributed by atoms with Gasteiger partial charge in [0.1, 0.15) is 5.69 Å². The predicted octanol–water partition coefficient (Wildman–Crippen LogP) is 4.14. The summed E-state index contributed by atoms with van der Waals surface area (Å²) in [6.45, 7) is 0. The number of methoxy groups -OCH3 is 1. The van der Waals surface area contributed by atoms with Crippen molar-refractivity contribution in [2.75, 3.05) is 7.11 Å². The van der Waals surface area contributed by atoms with Crippen LogP contribution >= 0.6 is 0 Å². The second-order valence-corrected chi connectivity index (χ2v) is 6.10. The van der Waals surface area contributed by atoms with Crippen molar-refractivity contribution in [3.8, 4) is 17.1 Å². The van der Waals surface area contributed by atoms with Crippen LogP contribution in [0.5, 0.6) is 5.88 Å². The van der Waals surface area contributed by atoms with E-state index >= 15 is 0 Å². The fraction of sp³-hybridized carbons (Fsp3) is 0.143. The lowest BCUT2D eigenvalue weighted by atomic mass is 9.94. The van der Waals surface area contributed by atoms with Crippen LogP contribution < -0.4 is 10.5 Å². The highest BCUT2D eigenvalue weighted by molar-refractivity contribution is 5.92. The monoisotopic (exact) mass is 345 g/mol. The Bertz CT molecular complexity index is 1040. The van der Waals surface area contributed by atoms with Gasteiger partial charge < -0.3 is 15.0 Å². The third kappa shape index (κ3) is 3.05. The Balaban J connectivity index is 1.71. The molecule has 2 aromatic carbocycles. The van der Waals surface area contributed by atoms with Gasteiger partial charge >= 0.3 is 0 Å². The quantitative estimate of drug-likeness (QED) is 0.588. The number of hydrogen-bond donors (Lipinski definition) is 1. The maximum Gasteiger partial charge on any atom is 0.213 e. The number of rotatable bonds is 5. The Morgan fingerprint density at radius 3 is 2.69 bits per heavy atom. The van der Waals surface area contributed by atoms with Crippen LogP contribution in [0.25, 0.3) is 22.2 Å². The van der Waals surface area contributed by atoms with Crippen molar-refractivity contribution in [1.29, 1.82) is 0 Å². The number of fused-ring (bicyclic) bond motifs is 1. The lowest BCUT2D eigenvalue weighted by Crippen LogP contribution is -2.15. The largest absolute Gasteiger partial charge is 0.481 e. The van der Waals surface area contributed by atoms with Crippen molar-refractivity contribution >= 4 is 11.0 Å². The van der Waals surface area contributed by atoms with Gasteiger partial charge in [0.25, 0.3) is 0 Å². The number of hydrogen-bond acceptors (Lipinski definition) is 5. The van der Waals surface area contributed by atoms with E-state index in [-0.39, 0.29) is 6.04 Å². The van der Waals surface area contributed by atoms with Crippen molar-refractivity contribution in [3.05, 3.63) is 78.0 Å². The highest BCUT2D eigenvalue weighted by Gasteiger charge is 2.18. The number of aromatic nitrogens is 2. The molecule has 2 N–H and O–H groups in total. The summed E-state index contributed by atoms with van der Waals surface area (Å²) in [6.07, 6.45) is 0.601.